The molecule has 3 aromatic rings. The second-order valence-electron chi connectivity index (χ2n) is 6.97. The van der Waals surface area contributed by atoms with Gasteiger partial charge in [-0.25, -0.2) is 9.67 Å². The van der Waals surface area contributed by atoms with Gasteiger partial charge < -0.3 is 4.74 Å². The average Bonchev–Trinajstić information content (AvgIpc) is 3.14. The number of nitrogens with zero attached hydrogens (tertiary/aromatic N) is 4. The standard InChI is InChI=1S/C21H22N4O/c1-16-4-6-20(7-5-16)26-12-18-8-17(11-25-15-23-14-24-25)9-19(10-18)21(2,3)13-22/h4-10,14-15H,11-12H2,1-3H3. The molecular formula is C21H22N4O. The quantitative estimate of drug-likeness (QED) is 0.676. The van der Waals surface area contributed by atoms with E-state index in [1.165, 1.54) is 11.9 Å². The summed E-state index contributed by atoms with van der Waals surface area (Å²) in [6.07, 6.45) is 3.20. The molecule has 0 aliphatic heterocycles. The van der Waals surface area contributed by atoms with Crippen molar-refractivity contribution in [1.82, 2.24) is 14.8 Å². The topological polar surface area (TPSA) is 63.7 Å². The second kappa shape index (κ2) is 7.40. The Labute approximate surface area is 153 Å². The van der Waals surface area contributed by atoms with Gasteiger partial charge in [0.25, 0.3) is 0 Å². The first-order chi connectivity index (χ1) is 12.5. The molecule has 1 aromatic heterocycles. The summed E-state index contributed by atoms with van der Waals surface area (Å²) < 4.78 is 7.69. The van der Waals surface area contributed by atoms with E-state index in [9.17, 15) is 5.26 Å². The third-order valence-electron chi connectivity index (χ3n) is 4.29. The van der Waals surface area contributed by atoms with Crippen LogP contribution in [0.2, 0.25) is 0 Å². The number of rotatable bonds is 6. The Morgan fingerprint density at radius 3 is 2.50 bits per heavy atom. The van der Waals surface area contributed by atoms with Crippen molar-refractivity contribution in [3.8, 4) is 11.8 Å². The first-order valence-electron chi connectivity index (χ1n) is 8.53. The Morgan fingerprint density at radius 2 is 1.85 bits per heavy atom. The molecule has 0 unspecified atom stereocenters. The smallest absolute Gasteiger partial charge is 0.137 e. The lowest BCUT2D eigenvalue weighted by Gasteiger charge is -2.19. The number of aromatic nitrogens is 3. The van der Waals surface area contributed by atoms with Crippen LogP contribution in [0.1, 0.15) is 36.1 Å². The minimum Gasteiger partial charge on any atom is -0.489 e. The van der Waals surface area contributed by atoms with Crippen molar-refractivity contribution in [2.45, 2.75) is 39.3 Å². The molecule has 0 amide bonds. The summed E-state index contributed by atoms with van der Waals surface area (Å²) in [5.74, 6) is 0.832. The SMILES string of the molecule is Cc1ccc(OCc2cc(Cn3cncn3)cc(C(C)(C)C#N)c2)cc1. The monoisotopic (exact) mass is 346 g/mol. The lowest BCUT2D eigenvalue weighted by atomic mass is 9.84. The molecule has 0 atom stereocenters. The number of aryl methyl sites for hydroxylation is 1. The first-order valence-corrected chi connectivity index (χ1v) is 8.53. The molecule has 0 saturated carbocycles. The highest BCUT2D eigenvalue weighted by Crippen LogP contribution is 2.26. The van der Waals surface area contributed by atoms with E-state index in [2.05, 4.69) is 28.3 Å². The van der Waals surface area contributed by atoms with Crippen LogP contribution in [-0.4, -0.2) is 14.8 Å². The van der Waals surface area contributed by atoms with Gasteiger partial charge >= 0.3 is 0 Å². The van der Waals surface area contributed by atoms with Crippen LogP contribution in [0.15, 0.2) is 55.1 Å². The van der Waals surface area contributed by atoms with E-state index < -0.39 is 5.41 Å². The summed E-state index contributed by atoms with van der Waals surface area (Å²) in [7, 11) is 0. The van der Waals surface area contributed by atoms with Crippen molar-refractivity contribution in [3.63, 3.8) is 0 Å². The molecule has 0 aliphatic rings. The molecule has 26 heavy (non-hydrogen) atoms. The normalized spacial score (nSPS) is 11.2. The molecule has 1 heterocycles. The second-order valence-corrected chi connectivity index (χ2v) is 6.97. The van der Waals surface area contributed by atoms with Crippen molar-refractivity contribution in [2.24, 2.45) is 0 Å². The fourth-order valence-electron chi connectivity index (χ4n) is 2.67. The summed E-state index contributed by atoms with van der Waals surface area (Å²) in [6, 6.07) is 16.6. The van der Waals surface area contributed by atoms with Gasteiger partial charge in [0.05, 0.1) is 18.0 Å². The number of ether oxygens (including phenoxy) is 1. The van der Waals surface area contributed by atoms with Gasteiger partial charge in [0.1, 0.15) is 25.0 Å². The number of hydrogen-bond acceptors (Lipinski definition) is 4. The summed E-state index contributed by atoms with van der Waals surface area (Å²) in [6.45, 7) is 6.95. The Balaban J connectivity index is 1.86. The minimum atomic E-state index is -0.572. The summed E-state index contributed by atoms with van der Waals surface area (Å²) >= 11 is 0. The maximum Gasteiger partial charge on any atom is 0.137 e. The van der Waals surface area contributed by atoms with Crippen LogP contribution in [0.3, 0.4) is 0 Å². The molecule has 3 rings (SSSR count). The average molecular weight is 346 g/mol. The Morgan fingerprint density at radius 1 is 1.12 bits per heavy atom. The number of nitriles is 1. The minimum absolute atomic E-state index is 0.447. The van der Waals surface area contributed by atoms with Gasteiger partial charge in [-0.1, -0.05) is 35.9 Å². The van der Waals surface area contributed by atoms with Gasteiger partial charge in [-0.2, -0.15) is 10.4 Å². The van der Waals surface area contributed by atoms with E-state index in [0.717, 1.165) is 22.4 Å². The third-order valence-corrected chi connectivity index (χ3v) is 4.29. The zero-order valence-electron chi connectivity index (χ0n) is 15.3. The molecule has 0 N–H and O–H groups in total. The van der Waals surface area contributed by atoms with Crippen molar-refractivity contribution < 1.29 is 4.74 Å². The molecule has 0 radical (unpaired) electrons. The largest absolute Gasteiger partial charge is 0.489 e. The van der Waals surface area contributed by atoms with Crippen LogP contribution in [0.5, 0.6) is 5.75 Å². The van der Waals surface area contributed by atoms with Gasteiger partial charge in [0, 0.05) is 0 Å². The van der Waals surface area contributed by atoms with Crippen LogP contribution in [0, 0.1) is 18.3 Å². The van der Waals surface area contributed by atoms with Crippen LogP contribution in [-0.2, 0) is 18.6 Å². The summed E-state index contributed by atoms with van der Waals surface area (Å²) in [5, 5.41) is 13.7. The predicted molar refractivity (Wildman–Crippen MR) is 99.7 cm³/mol. The molecule has 2 aromatic carbocycles. The Hall–Kier alpha value is -3.13. The van der Waals surface area contributed by atoms with E-state index >= 15 is 0 Å². The van der Waals surface area contributed by atoms with Gasteiger partial charge in [-0.05, 0) is 49.6 Å². The molecular weight excluding hydrogens is 324 g/mol. The van der Waals surface area contributed by atoms with E-state index in [4.69, 9.17) is 4.74 Å². The maximum absolute atomic E-state index is 9.51. The van der Waals surface area contributed by atoms with Crippen LogP contribution >= 0.6 is 0 Å². The van der Waals surface area contributed by atoms with Crippen molar-refractivity contribution >= 4 is 0 Å². The molecule has 5 heteroatoms. The first kappa shape index (κ1) is 17.7. The van der Waals surface area contributed by atoms with Gasteiger partial charge in [-0.3, -0.25) is 0 Å². The molecule has 0 spiro atoms. The zero-order chi connectivity index (χ0) is 18.6. The summed E-state index contributed by atoms with van der Waals surface area (Å²) in [5.41, 5.74) is 3.70. The van der Waals surface area contributed by atoms with E-state index in [-0.39, 0.29) is 0 Å². The molecule has 0 fully saturated rings. The maximum atomic E-state index is 9.51. The number of benzene rings is 2. The Bertz CT molecular complexity index is 906. The number of hydrogen-bond donors (Lipinski definition) is 0. The highest BCUT2D eigenvalue weighted by molar-refractivity contribution is 5.38. The van der Waals surface area contributed by atoms with Crippen molar-refractivity contribution in [3.05, 3.63) is 77.4 Å². The van der Waals surface area contributed by atoms with Crippen LogP contribution in [0.4, 0.5) is 0 Å². The predicted octanol–water partition coefficient (Wildman–Crippen LogP) is 4.02. The lowest BCUT2D eigenvalue weighted by Crippen LogP contribution is -2.15. The van der Waals surface area contributed by atoms with E-state index in [1.807, 2.05) is 51.1 Å². The highest BCUT2D eigenvalue weighted by Gasteiger charge is 2.21. The third kappa shape index (κ3) is 4.28. The van der Waals surface area contributed by atoms with Crippen molar-refractivity contribution in [2.75, 3.05) is 0 Å². The van der Waals surface area contributed by atoms with Crippen molar-refractivity contribution in [1.29, 1.82) is 5.26 Å². The van der Waals surface area contributed by atoms with Gasteiger partial charge in [-0.15, -0.1) is 0 Å². The van der Waals surface area contributed by atoms with E-state index in [1.54, 1.807) is 11.0 Å². The molecule has 5 nitrogen and oxygen atoms in total. The summed E-state index contributed by atoms with van der Waals surface area (Å²) in [4.78, 5) is 3.99. The fourth-order valence-corrected chi connectivity index (χ4v) is 2.67. The Kier molecular flexibility index (Phi) is 5.04. The highest BCUT2D eigenvalue weighted by atomic mass is 16.5. The van der Waals surface area contributed by atoms with Gasteiger partial charge in [0.2, 0.25) is 0 Å². The molecule has 132 valence electrons. The molecule has 0 bridgehead atoms. The van der Waals surface area contributed by atoms with Gasteiger partial charge in [0.15, 0.2) is 0 Å². The molecule has 0 saturated heterocycles. The zero-order valence-corrected chi connectivity index (χ0v) is 15.3. The lowest BCUT2D eigenvalue weighted by molar-refractivity contribution is 0.306. The van der Waals surface area contributed by atoms with Crippen LogP contribution in [0.25, 0.3) is 0 Å². The van der Waals surface area contributed by atoms with Crippen LogP contribution < -0.4 is 4.74 Å². The van der Waals surface area contributed by atoms with E-state index in [0.29, 0.717) is 13.2 Å². The molecule has 0 aliphatic carbocycles. The fraction of sp³-hybridized carbons (Fsp3) is 0.286.